The van der Waals surface area contributed by atoms with Crippen molar-refractivity contribution in [3.8, 4) is 11.5 Å². The first-order valence-electron chi connectivity index (χ1n) is 8.50. The lowest BCUT2D eigenvalue weighted by Crippen LogP contribution is -2.64. The van der Waals surface area contributed by atoms with E-state index in [1.54, 1.807) is 17.9 Å². The van der Waals surface area contributed by atoms with Crippen molar-refractivity contribution in [2.24, 2.45) is 0 Å². The quantitative estimate of drug-likeness (QED) is 0.732. The molecule has 3 N–H and O–H groups in total. The second kappa shape index (κ2) is 6.48. The van der Waals surface area contributed by atoms with E-state index in [2.05, 4.69) is 0 Å². The Labute approximate surface area is 146 Å². The van der Waals surface area contributed by atoms with Gasteiger partial charge >= 0.3 is 0 Å². The van der Waals surface area contributed by atoms with Gasteiger partial charge in [-0.15, -0.1) is 0 Å². The first-order valence-corrected chi connectivity index (χ1v) is 8.50. The van der Waals surface area contributed by atoms with E-state index in [4.69, 9.17) is 9.47 Å². The number of benzene rings is 1. The third-order valence-electron chi connectivity index (χ3n) is 5.41. The number of rotatable bonds is 2. The molecular formula is C18H25NO6. The normalized spacial score (nSPS) is 28.8. The Hall–Kier alpha value is -1.83. The number of nitrogens with zero attached hydrogens (tertiary/aromatic N) is 1. The van der Waals surface area contributed by atoms with E-state index >= 15 is 0 Å². The van der Waals surface area contributed by atoms with Gasteiger partial charge in [-0.3, -0.25) is 4.79 Å². The van der Waals surface area contributed by atoms with Crippen LogP contribution in [0.4, 0.5) is 0 Å². The molecule has 2 atom stereocenters. The molecule has 7 heteroatoms. The minimum Gasteiger partial charge on any atom is -0.504 e. The number of carbonyl (C=O) groups excluding carboxylic acids is 1. The van der Waals surface area contributed by atoms with Crippen LogP contribution < -0.4 is 4.74 Å². The van der Waals surface area contributed by atoms with Gasteiger partial charge in [-0.25, -0.2) is 0 Å². The van der Waals surface area contributed by atoms with Gasteiger partial charge in [0.1, 0.15) is 11.7 Å². The molecule has 138 valence electrons. The van der Waals surface area contributed by atoms with Crippen LogP contribution in [0, 0.1) is 0 Å². The lowest BCUT2D eigenvalue weighted by atomic mass is 9.75. The van der Waals surface area contributed by atoms with E-state index in [1.165, 1.54) is 19.2 Å². The number of ether oxygens (including phenoxy) is 2. The van der Waals surface area contributed by atoms with Gasteiger partial charge in [0.05, 0.1) is 19.3 Å². The molecule has 2 aliphatic rings. The molecule has 3 rings (SSSR count). The summed E-state index contributed by atoms with van der Waals surface area (Å²) in [6, 6.07) is 4.50. The molecule has 2 aliphatic heterocycles. The molecule has 0 saturated carbocycles. The number of aliphatic hydroxyl groups is 2. The molecule has 7 nitrogen and oxygen atoms in total. The minimum atomic E-state index is -1.17. The smallest absolute Gasteiger partial charge is 0.253 e. The highest BCUT2D eigenvalue weighted by molar-refractivity contribution is 5.95. The van der Waals surface area contributed by atoms with Gasteiger partial charge in [0.25, 0.3) is 5.91 Å². The highest BCUT2D eigenvalue weighted by Crippen LogP contribution is 2.40. The summed E-state index contributed by atoms with van der Waals surface area (Å²) in [5, 5.41) is 30.5. The second-order valence-electron chi connectivity index (χ2n) is 7.10. The van der Waals surface area contributed by atoms with Crippen molar-refractivity contribution >= 4 is 5.91 Å². The van der Waals surface area contributed by atoms with Crippen LogP contribution in [-0.4, -0.2) is 70.2 Å². The fourth-order valence-corrected chi connectivity index (χ4v) is 3.74. The van der Waals surface area contributed by atoms with Gasteiger partial charge in [0, 0.05) is 25.1 Å². The van der Waals surface area contributed by atoms with Crippen molar-refractivity contribution in [3.05, 3.63) is 23.8 Å². The summed E-state index contributed by atoms with van der Waals surface area (Å²) in [6.45, 7) is 2.87. The molecule has 1 aromatic rings. The van der Waals surface area contributed by atoms with Crippen molar-refractivity contribution < 1.29 is 29.6 Å². The van der Waals surface area contributed by atoms with Gasteiger partial charge in [0.15, 0.2) is 11.5 Å². The lowest BCUT2D eigenvalue weighted by molar-refractivity contribution is -0.244. The molecule has 0 aromatic heterocycles. The van der Waals surface area contributed by atoms with Gasteiger partial charge in [-0.1, -0.05) is 0 Å². The number of hydrogen-bond donors (Lipinski definition) is 3. The van der Waals surface area contributed by atoms with E-state index in [1.807, 2.05) is 0 Å². The molecular weight excluding hydrogens is 326 g/mol. The number of phenols is 1. The zero-order valence-electron chi connectivity index (χ0n) is 14.6. The molecule has 2 heterocycles. The maximum Gasteiger partial charge on any atom is 0.253 e. The Bertz CT molecular complexity index is 651. The number of aliphatic hydroxyl groups excluding tert-OH is 1. The number of piperidine rings is 1. The SMILES string of the molecule is COc1cc(C(=O)N2CCC3(CC2)OCC[C@@](C)(O)[C@@H]3O)ccc1O. The van der Waals surface area contributed by atoms with Crippen LogP contribution in [0.1, 0.15) is 36.5 Å². The van der Waals surface area contributed by atoms with Crippen LogP contribution in [-0.2, 0) is 4.74 Å². The minimum absolute atomic E-state index is 0.0161. The number of likely N-dealkylation sites (tertiary alicyclic amines) is 1. The second-order valence-corrected chi connectivity index (χ2v) is 7.10. The largest absolute Gasteiger partial charge is 0.504 e. The van der Waals surface area contributed by atoms with E-state index in [-0.39, 0.29) is 17.4 Å². The van der Waals surface area contributed by atoms with Crippen LogP contribution in [0.3, 0.4) is 0 Å². The van der Waals surface area contributed by atoms with Gasteiger partial charge in [-0.2, -0.15) is 0 Å². The predicted octanol–water partition coefficient (Wildman–Crippen LogP) is 0.908. The average molecular weight is 351 g/mol. The van der Waals surface area contributed by atoms with E-state index in [0.717, 1.165) is 0 Å². The van der Waals surface area contributed by atoms with Crippen LogP contribution in [0.2, 0.25) is 0 Å². The van der Waals surface area contributed by atoms with Crippen LogP contribution in [0.15, 0.2) is 18.2 Å². The van der Waals surface area contributed by atoms with Crippen LogP contribution >= 0.6 is 0 Å². The zero-order valence-corrected chi connectivity index (χ0v) is 14.6. The first kappa shape index (κ1) is 18.0. The third-order valence-corrected chi connectivity index (χ3v) is 5.41. The number of amides is 1. The fourth-order valence-electron chi connectivity index (χ4n) is 3.74. The summed E-state index contributed by atoms with van der Waals surface area (Å²) < 4.78 is 10.9. The molecule has 1 amide bonds. The van der Waals surface area contributed by atoms with E-state index in [9.17, 15) is 20.1 Å². The maximum atomic E-state index is 12.7. The fraction of sp³-hybridized carbons (Fsp3) is 0.611. The van der Waals surface area contributed by atoms with Gasteiger partial charge in [-0.05, 0) is 38.0 Å². The van der Waals surface area contributed by atoms with Crippen molar-refractivity contribution in [1.29, 1.82) is 0 Å². The van der Waals surface area contributed by atoms with Crippen molar-refractivity contribution in [2.75, 3.05) is 26.8 Å². The summed E-state index contributed by atoms with van der Waals surface area (Å²) in [6.07, 6.45) is 0.349. The Morgan fingerprint density at radius 1 is 1.32 bits per heavy atom. The Morgan fingerprint density at radius 2 is 2.00 bits per heavy atom. The molecule has 0 bridgehead atoms. The summed E-state index contributed by atoms with van der Waals surface area (Å²) in [4.78, 5) is 14.4. The monoisotopic (exact) mass is 351 g/mol. The van der Waals surface area contributed by atoms with E-state index < -0.39 is 17.3 Å². The van der Waals surface area contributed by atoms with Gasteiger partial charge in [0.2, 0.25) is 0 Å². The number of aromatic hydroxyl groups is 1. The topological polar surface area (TPSA) is 99.5 Å². The molecule has 2 fully saturated rings. The predicted molar refractivity (Wildman–Crippen MR) is 89.7 cm³/mol. The number of hydrogen-bond acceptors (Lipinski definition) is 6. The third kappa shape index (κ3) is 3.19. The highest BCUT2D eigenvalue weighted by atomic mass is 16.5. The summed E-state index contributed by atoms with van der Waals surface area (Å²) in [5.41, 5.74) is -1.54. The number of phenolic OH excluding ortho intramolecular Hbond substituents is 1. The summed E-state index contributed by atoms with van der Waals surface area (Å²) in [7, 11) is 1.43. The van der Waals surface area contributed by atoms with Crippen LogP contribution in [0.5, 0.6) is 11.5 Å². The molecule has 0 radical (unpaired) electrons. The molecule has 1 spiro atoms. The van der Waals surface area contributed by atoms with Gasteiger partial charge < -0.3 is 29.7 Å². The van der Waals surface area contributed by atoms with E-state index in [0.29, 0.717) is 44.5 Å². The van der Waals surface area contributed by atoms with Crippen molar-refractivity contribution in [2.45, 2.75) is 43.5 Å². The average Bonchev–Trinajstić information content (AvgIpc) is 2.60. The Kier molecular flexibility index (Phi) is 4.66. The summed E-state index contributed by atoms with van der Waals surface area (Å²) in [5.74, 6) is 0.0734. The molecule has 0 unspecified atom stereocenters. The molecule has 0 aliphatic carbocycles. The molecule has 2 saturated heterocycles. The Balaban J connectivity index is 1.71. The zero-order chi connectivity index (χ0) is 18.2. The number of carbonyl (C=O) groups is 1. The van der Waals surface area contributed by atoms with Crippen molar-refractivity contribution in [3.63, 3.8) is 0 Å². The molecule has 1 aromatic carbocycles. The first-order chi connectivity index (χ1) is 11.8. The maximum absolute atomic E-state index is 12.7. The number of methoxy groups -OCH3 is 1. The van der Waals surface area contributed by atoms with Crippen LogP contribution in [0.25, 0.3) is 0 Å². The van der Waals surface area contributed by atoms with Crippen molar-refractivity contribution in [1.82, 2.24) is 4.90 Å². The lowest BCUT2D eigenvalue weighted by Gasteiger charge is -2.51. The highest BCUT2D eigenvalue weighted by Gasteiger charge is 2.52. The molecule has 25 heavy (non-hydrogen) atoms. The Morgan fingerprint density at radius 3 is 2.64 bits per heavy atom. The summed E-state index contributed by atoms with van der Waals surface area (Å²) >= 11 is 0. The standard InChI is InChI=1S/C18H25NO6/c1-17(23)7-10-25-18(16(17)22)5-8-19(9-6-18)15(21)12-3-4-13(20)14(11-12)24-2/h3-4,11,16,20,22-23H,5-10H2,1-2H3/t16-,17+/m0/s1.